The molecule has 1 N–H and O–H groups in total. The molecule has 0 aliphatic carbocycles. The maximum atomic E-state index is 12.7. The molecule has 0 saturated heterocycles. The molecular formula is C9H7BrF2N2O. The Bertz CT molecular complexity index is 404. The Hall–Kier alpha value is -1.06. The van der Waals surface area contributed by atoms with Crippen LogP contribution >= 0.6 is 15.9 Å². The number of halogens is 3. The van der Waals surface area contributed by atoms with Crippen molar-refractivity contribution < 1.29 is 13.9 Å². The molecule has 0 bridgehead atoms. The summed E-state index contributed by atoms with van der Waals surface area (Å²) in [5.41, 5.74) is -0.339. The third kappa shape index (κ3) is 2.30. The molecule has 0 unspecified atom stereocenters. The molecule has 0 amide bonds. The number of aliphatic hydroxyl groups excluding tert-OH is 1. The summed E-state index contributed by atoms with van der Waals surface area (Å²) in [5.74, 6) is 0. The molecule has 0 spiro atoms. The van der Waals surface area contributed by atoms with Gasteiger partial charge in [-0.3, -0.25) is 4.98 Å². The van der Waals surface area contributed by atoms with E-state index in [1.165, 1.54) is 6.20 Å². The van der Waals surface area contributed by atoms with Gasteiger partial charge in [0.1, 0.15) is 6.07 Å². The van der Waals surface area contributed by atoms with Gasteiger partial charge < -0.3 is 5.11 Å². The molecule has 3 nitrogen and oxygen atoms in total. The van der Waals surface area contributed by atoms with Crippen LogP contribution < -0.4 is 0 Å². The second kappa shape index (κ2) is 5.14. The lowest BCUT2D eigenvalue weighted by Crippen LogP contribution is -2.04. The van der Waals surface area contributed by atoms with Crippen molar-refractivity contribution in [2.75, 3.05) is 0 Å². The van der Waals surface area contributed by atoms with E-state index in [9.17, 15) is 8.78 Å². The summed E-state index contributed by atoms with van der Waals surface area (Å²) in [6, 6.07) is 1.71. The van der Waals surface area contributed by atoms with Gasteiger partial charge in [-0.15, -0.1) is 0 Å². The topological polar surface area (TPSA) is 56.9 Å². The van der Waals surface area contributed by atoms with Crippen molar-refractivity contribution in [1.82, 2.24) is 4.98 Å². The van der Waals surface area contributed by atoms with Crippen LogP contribution in [0.1, 0.15) is 28.8 Å². The standard InChI is InChI=1S/C9H7BrF2N2O/c10-1-5-3-14-7(4-15)8(9(11)12)6(5)2-13/h3,9,15H,1,4H2. The van der Waals surface area contributed by atoms with Gasteiger partial charge in [-0.1, -0.05) is 15.9 Å². The lowest BCUT2D eigenvalue weighted by Gasteiger charge is -2.10. The minimum absolute atomic E-state index is 0.110. The van der Waals surface area contributed by atoms with Crippen molar-refractivity contribution in [2.24, 2.45) is 0 Å². The van der Waals surface area contributed by atoms with Crippen LogP contribution in [0.15, 0.2) is 6.20 Å². The van der Waals surface area contributed by atoms with Crippen molar-refractivity contribution in [3.63, 3.8) is 0 Å². The number of rotatable bonds is 3. The van der Waals surface area contributed by atoms with E-state index < -0.39 is 18.6 Å². The SMILES string of the molecule is N#Cc1c(CBr)cnc(CO)c1C(F)F. The predicted octanol–water partition coefficient (Wildman–Crippen LogP) is 2.28. The van der Waals surface area contributed by atoms with E-state index >= 15 is 0 Å². The van der Waals surface area contributed by atoms with Gasteiger partial charge in [-0.2, -0.15) is 5.26 Å². The molecule has 0 saturated carbocycles. The Morgan fingerprint density at radius 3 is 2.67 bits per heavy atom. The fourth-order valence-corrected chi connectivity index (χ4v) is 1.63. The number of aliphatic hydroxyl groups is 1. The minimum atomic E-state index is -2.81. The maximum absolute atomic E-state index is 12.7. The first-order valence-electron chi connectivity index (χ1n) is 4.01. The van der Waals surface area contributed by atoms with Crippen LogP contribution in [0.4, 0.5) is 8.78 Å². The van der Waals surface area contributed by atoms with Gasteiger partial charge in [0.15, 0.2) is 0 Å². The van der Waals surface area contributed by atoms with Crippen LogP contribution in [-0.4, -0.2) is 10.1 Å². The second-order valence-corrected chi connectivity index (χ2v) is 3.28. The summed E-state index contributed by atoms with van der Waals surface area (Å²) >= 11 is 3.08. The molecule has 1 heterocycles. The van der Waals surface area contributed by atoms with Gasteiger partial charge >= 0.3 is 0 Å². The van der Waals surface area contributed by atoms with Crippen LogP contribution in [0, 0.1) is 11.3 Å². The Morgan fingerprint density at radius 2 is 2.27 bits per heavy atom. The lowest BCUT2D eigenvalue weighted by atomic mass is 10.0. The van der Waals surface area contributed by atoms with E-state index in [2.05, 4.69) is 20.9 Å². The molecule has 1 rings (SSSR count). The quantitative estimate of drug-likeness (QED) is 0.862. The van der Waals surface area contributed by atoms with Crippen molar-refractivity contribution in [1.29, 1.82) is 5.26 Å². The van der Waals surface area contributed by atoms with Crippen molar-refractivity contribution in [3.05, 3.63) is 28.6 Å². The first-order valence-corrected chi connectivity index (χ1v) is 5.13. The highest BCUT2D eigenvalue weighted by atomic mass is 79.9. The molecule has 0 fully saturated rings. The number of hydrogen-bond acceptors (Lipinski definition) is 3. The van der Waals surface area contributed by atoms with Crippen LogP contribution in [-0.2, 0) is 11.9 Å². The van der Waals surface area contributed by atoms with Gasteiger partial charge in [-0.25, -0.2) is 8.78 Å². The van der Waals surface area contributed by atoms with E-state index in [-0.39, 0.29) is 16.6 Å². The number of hydrogen-bond donors (Lipinski definition) is 1. The van der Waals surface area contributed by atoms with Crippen LogP contribution in [0.25, 0.3) is 0 Å². The molecule has 15 heavy (non-hydrogen) atoms. The molecule has 80 valence electrons. The Morgan fingerprint density at radius 1 is 1.60 bits per heavy atom. The number of aromatic nitrogens is 1. The van der Waals surface area contributed by atoms with Crippen LogP contribution in [0.2, 0.25) is 0 Å². The monoisotopic (exact) mass is 276 g/mol. The smallest absolute Gasteiger partial charge is 0.266 e. The highest BCUT2D eigenvalue weighted by molar-refractivity contribution is 9.08. The average molecular weight is 277 g/mol. The predicted molar refractivity (Wildman–Crippen MR) is 52.5 cm³/mol. The van der Waals surface area contributed by atoms with Crippen molar-refractivity contribution in [2.45, 2.75) is 18.4 Å². The van der Waals surface area contributed by atoms with E-state index in [4.69, 9.17) is 10.4 Å². The Balaban J connectivity index is 3.46. The molecule has 0 aliphatic heterocycles. The number of nitriles is 1. The molecule has 0 aromatic carbocycles. The summed E-state index contributed by atoms with van der Waals surface area (Å²) in [6.07, 6.45) is -1.50. The number of alkyl halides is 3. The number of nitrogens with zero attached hydrogens (tertiary/aromatic N) is 2. The van der Waals surface area contributed by atoms with Gasteiger partial charge in [-0.05, 0) is 5.56 Å². The Labute approximate surface area is 93.5 Å². The largest absolute Gasteiger partial charge is 0.390 e. The normalized spacial score (nSPS) is 10.4. The average Bonchev–Trinajstić information content (AvgIpc) is 2.26. The van der Waals surface area contributed by atoms with Gasteiger partial charge in [0, 0.05) is 11.5 Å². The fraction of sp³-hybridized carbons (Fsp3) is 0.333. The van der Waals surface area contributed by atoms with E-state index in [1.807, 2.05) is 0 Å². The lowest BCUT2D eigenvalue weighted by molar-refractivity contribution is 0.145. The van der Waals surface area contributed by atoms with Gasteiger partial charge in [0.2, 0.25) is 0 Å². The summed E-state index contributed by atoms with van der Waals surface area (Å²) in [5, 5.41) is 17.9. The van der Waals surface area contributed by atoms with Gasteiger partial charge in [0.25, 0.3) is 6.43 Å². The zero-order valence-electron chi connectivity index (χ0n) is 7.54. The molecule has 1 aromatic heterocycles. The fourth-order valence-electron chi connectivity index (χ4n) is 1.20. The highest BCUT2D eigenvalue weighted by Gasteiger charge is 2.21. The molecule has 1 aromatic rings. The maximum Gasteiger partial charge on any atom is 0.266 e. The van der Waals surface area contributed by atoms with E-state index in [1.54, 1.807) is 6.07 Å². The summed E-state index contributed by atoms with van der Waals surface area (Å²) in [4.78, 5) is 3.69. The highest BCUT2D eigenvalue weighted by Crippen LogP contribution is 2.28. The summed E-state index contributed by atoms with van der Waals surface area (Å²) < 4.78 is 25.3. The summed E-state index contributed by atoms with van der Waals surface area (Å²) in [7, 11) is 0. The number of pyridine rings is 1. The molecule has 6 heteroatoms. The van der Waals surface area contributed by atoms with Crippen LogP contribution in [0.3, 0.4) is 0 Å². The zero-order chi connectivity index (χ0) is 11.4. The first kappa shape index (κ1) is 12.0. The zero-order valence-corrected chi connectivity index (χ0v) is 9.13. The van der Waals surface area contributed by atoms with Crippen molar-refractivity contribution in [3.8, 4) is 6.07 Å². The van der Waals surface area contributed by atoms with E-state index in [0.29, 0.717) is 5.56 Å². The molecular weight excluding hydrogens is 270 g/mol. The third-order valence-electron chi connectivity index (χ3n) is 1.90. The third-order valence-corrected chi connectivity index (χ3v) is 2.51. The second-order valence-electron chi connectivity index (χ2n) is 2.72. The first-order chi connectivity index (χ1) is 7.15. The van der Waals surface area contributed by atoms with Crippen LogP contribution in [0.5, 0.6) is 0 Å². The molecule has 0 radical (unpaired) electrons. The molecule has 0 aliphatic rings. The van der Waals surface area contributed by atoms with Gasteiger partial charge in [0.05, 0.1) is 23.4 Å². The molecule has 0 atom stereocenters. The summed E-state index contributed by atoms with van der Waals surface area (Å²) in [6.45, 7) is -0.600. The van der Waals surface area contributed by atoms with Crippen molar-refractivity contribution >= 4 is 15.9 Å². The Kier molecular flexibility index (Phi) is 4.12. The van der Waals surface area contributed by atoms with E-state index in [0.717, 1.165) is 0 Å². The minimum Gasteiger partial charge on any atom is -0.390 e.